The Balaban J connectivity index is 1.97. The Morgan fingerprint density at radius 3 is 2.20 bits per heavy atom. The average Bonchev–Trinajstić information content (AvgIpc) is 2.63. The van der Waals surface area contributed by atoms with E-state index in [4.69, 9.17) is 0 Å². The van der Waals surface area contributed by atoms with Gasteiger partial charge in [-0.25, -0.2) is 9.97 Å². The number of benzene rings is 2. The number of para-hydroxylation sites is 1. The Bertz CT molecular complexity index is 852. The van der Waals surface area contributed by atoms with Gasteiger partial charge in [-0.15, -0.1) is 0 Å². The van der Waals surface area contributed by atoms with Gasteiger partial charge in [-0.2, -0.15) is 0 Å². The molecule has 6 nitrogen and oxygen atoms in total. The highest BCUT2D eigenvalue weighted by molar-refractivity contribution is 5.93. The van der Waals surface area contributed by atoms with Crippen LogP contribution in [0.15, 0.2) is 66.7 Å². The zero-order valence-electron chi connectivity index (χ0n) is 13.7. The van der Waals surface area contributed by atoms with Gasteiger partial charge in [-0.3, -0.25) is 4.79 Å². The van der Waals surface area contributed by atoms with Crippen LogP contribution in [0, 0.1) is 0 Å². The minimum Gasteiger partial charge on any atom is -0.384 e. The van der Waals surface area contributed by atoms with E-state index in [2.05, 4.69) is 20.6 Å². The number of hydrogen-bond acceptors (Lipinski definition) is 5. The van der Waals surface area contributed by atoms with Crippen molar-refractivity contribution in [3.63, 3.8) is 0 Å². The standard InChI is InChI=1S/C19H18N4O2/c1-13(24)19(25)23-17-12-16(20-15-10-6-3-7-11-15)21-18(22-17)14-8-4-2-5-9-14/h2-13,24H,1H3,(H2,20,21,22,23,25). The molecule has 1 aromatic heterocycles. The van der Waals surface area contributed by atoms with Gasteiger partial charge < -0.3 is 15.7 Å². The molecule has 0 saturated heterocycles. The molecule has 0 aliphatic rings. The summed E-state index contributed by atoms with van der Waals surface area (Å²) in [5, 5.41) is 15.2. The van der Waals surface area contributed by atoms with Gasteiger partial charge >= 0.3 is 0 Å². The van der Waals surface area contributed by atoms with Gasteiger partial charge in [0.15, 0.2) is 5.82 Å². The number of hydrogen-bond donors (Lipinski definition) is 3. The molecule has 25 heavy (non-hydrogen) atoms. The topological polar surface area (TPSA) is 87.1 Å². The predicted molar refractivity (Wildman–Crippen MR) is 97.5 cm³/mol. The van der Waals surface area contributed by atoms with Crippen molar-refractivity contribution in [2.24, 2.45) is 0 Å². The maximum atomic E-state index is 11.8. The number of rotatable bonds is 5. The average molecular weight is 334 g/mol. The first-order valence-electron chi connectivity index (χ1n) is 7.87. The van der Waals surface area contributed by atoms with Gasteiger partial charge in [0.2, 0.25) is 0 Å². The lowest BCUT2D eigenvalue weighted by molar-refractivity contribution is -0.123. The minimum absolute atomic E-state index is 0.318. The Labute approximate surface area is 145 Å². The zero-order chi connectivity index (χ0) is 17.6. The summed E-state index contributed by atoms with van der Waals surface area (Å²) in [6.45, 7) is 1.40. The number of nitrogens with one attached hydrogen (secondary N) is 2. The van der Waals surface area contributed by atoms with Crippen molar-refractivity contribution < 1.29 is 9.90 Å². The second-order valence-electron chi connectivity index (χ2n) is 5.48. The first-order chi connectivity index (χ1) is 12.1. The summed E-state index contributed by atoms with van der Waals surface area (Å²) < 4.78 is 0. The van der Waals surface area contributed by atoms with Crippen LogP contribution in [0.5, 0.6) is 0 Å². The molecule has 1 atom stereocenters. The van der Waals surface area contributed by atoms with E-state index in [1.165, 1.54) is 6.92 Å². The number of anilines is 3. The lowest BCUT2D eigenvalue weighted by Crippen LogP contribution is -2.25. The molecule has 3 rings (SSSR count). The van der Waals surface area contributed by atoms with Crippen LogP contribution in [0.1, 0.15) is 6.92 Å². The van der Waals surface area contributed by atoms with E-state index in [9.17, 15) is 9.90 Å². The van der Waals surface area contributed by atoms with Crippen LogP contribution in [0.3, 0.4) is 0 Å². The van der Waals surface area contributed by atoms with Crippen molar-refractivity contribution in [2.45, 2.75) is 13.0 Å². The third-order valence-electron chi connectivity index (χ3n) is 3.44. The molecule has 1 heterocycles. The molecular weight excluding hydrogens is 316 g/mol. The Morgan fingerprint density at radius 1 is 0.960 bits per heavy atom. The van der Waals surface area contributed by atoms with E-state index >= 15 is 0 Å². The van der Waals surface area contributed by atoms with Crippen LogP contribution in [-0.4, -0.2) is 27.1 Å². The fourth-order valence-corrected chi connectivity index (χ4v) is 2.19. The van der Waals surface area contributed by atoms with E-state index < -0.39 is 12.0 Å². The number of aromatic nitrogens is 2. The van der Waals surface area contributed by atoms with E-state index in [1.807, 2.05) is 60.7 Å². The first kappa shape index (κ1) is 16.6. The molecule has 0 radical (unpaired) electrons. The van der Waals surface area contributed by atoms with E-state index in [0.717, 1.165) is 11.3 Å². The molecule has 0 aliphatic heterocycles. The van der Waals surface area contributed by atoms with Crippen LogP contribution in [0.2, 0.25) is 0 Å². The van der Waals surface area contributed by atoms with Crippen LogP contribution >= 0.6 is 0 Å². The summed E-state index contributed by atoms with van der Waals surface area (Å²) in [6, 6.07) is 20.7. The monoisotopic (exact) mass is 334 g/mol. The van der Waals surface area contributed by atoms with Crippen LogP contribution in [0.25, 0.3) is 11.4 Å². The Hall–Kier alpha value is -3.25. The van der Waals surface area contributed by atoms with E-state index in [-0.39, 0.29) is 0 Å². The lowest BCUT2D eigenvalue weighted by Gasteiger charge is -2.12. The number of aliphatic hydroxyl groups is 1. The molecule has 1 amide bonds. The van der Waals surface area contributed by atoms with Crippen molar-refractivity contribution in [3.8, 4) is 11.4 Å². The summed E-state index contributed by atoms with van der Waals surface area (Å²) in [6.07, 6.45) is -1.12. The highest BCUT2D eigenvalue weighted by Crippen LogP contribution is 2.22. The fourth-order valence-electron chi connectivity index (χ4n) is 2.19. The minimum atomic E-state index is -1.12. The molecule has 126 valence electrons. The third-order valence-corrected chi connectivity index (χ3v) is 3.44. The second kappa shape index (κ2) is 7.55. The molecular formula is C19H18N4O2. The first-order valence-corrected chi connectivity index (χ1v) is 7.87. The van der Waals surface area contributed by atoms with E-state index in [0.29, 0.717) is 17.5 Å². The van der Waals surface area contributed by atoms with Crippen molar-refractivity contribution in [2.75, 3.05) is 10.6 Å². The summed E-state index contributed by atoms with van der Waals surface area (Å²) in [5.74, 6) is 0.810. The third kappa shape index (κ3) is 4.39. The van der Waals surface area contributed by atoms with Crippen LogP contribution < -0.4 is 10.6 Å². The number of carbonyl (C=O) groups is 1. The van der Waals surface area contributed by atoms with Gasteiger partial charge in [0.1, 0.15) is 17.7 Å². The maximum absolute atomic E-state index is 11.8. The van der Waals surface area contributed by atoms with Crippen molar-refractivity contribution in [3.05, 3.63) is 66.7 Å². The Kier molecular flexibility index (Phi) is 5.01. The molecule has 3 N–H and O–H groups in total. The summed E-state index contributed by atoms with van der Waals surface area (Å²) in [4.78, 5) is 20.7. The predicted octanol–water partition coefficient (Wildman–Crippen LogP) is 3.21. The number of amides is 1. The second-order valence-corrected chi connectivity index (χ2v) is 5.48. The molecule has 2 aromatic carbocycles. The summed E-state index contributed by atoms with van der Waals surface area (Å²) in [5.41, 5.74) is 1.69. The van der Waals surface area contributed by atoms with Gasteiger partial charge in [0.05, 0.1) is 0 Å². The molecule has 0 saturated carbocycles. The maximum Gasteiger partial charge on any atom is 0.254 e. The normalized spacial score (nSPS) is 11.6. The van der Waals surface area contributed by atoms with Gasteiger partial charge in [0, 0.05) is 17.3 Å². The number of carbonyl (C=O) groups excluding carboxylic acids is 1. The SMILES string of the molecule is CC(O)C(=O)Nc1cc(Nc2ccccc2)nc(-c2ccccc2)n1. The highest BCUT2D eigenvalue weighted by Gasteiger charge is 2.13. The molecule has 6 heteroatoms. The smallest absolute Gasteiger partial charge is 0.254 e. The van der Waals surface area contributed by atoms with Crippen molar-refractivity contribution in [1.29, 1.82) is 0 Å². The quantitative estimate of drug-likeness (QED) is 0.667. The Morgan fingerprint density at radius 2 is 1.56 bits per heavy atom. The fraction of sp³-hybridized carbons (Fsp3) is 0.105. The zero-order valence-corrected chi connectivity index (χ0v) is 13.7. The molecule has 3 aromatic rings. The molecule has 0 fully saturated rings. The molecule has 0 aliphatic carbocycles. The van der Waals surface area contributed by atoms with Gasteiger partial charge in [-0.05, 0) is 19.1 Å². The van der Waals surface area contributed by atoms with Crippen molar-refractivity contribution in [1.82, 2.24) is 9.97 Å². The van der Waals surface area contributed by atoms with Gasteiger partial charge in [0.25, 0.3) is 5.91 Å². The van der Waals surface area contributed by atoms with Crippen LogP contribution in [0.4, 0.5) is 17.3 Å². The molecule has 1 unspecified atom stereocenters. The largest absolute Gasteiger partial charge is 0.384 e. The van der Waals surface area contributed by atoms with E-state index in [1.54, 1.807) is 6.07 Å². The number of aliphatic hydroxyl groups excluding tert-OH is 1. The summed E-state index contributed by atoms with van der Waals surface area (Å²) >= 11 is 0. The molecule has 0 spiro atoms. The van der Waals surface area contributed by atoms with Crippen LogP contribution in [-0.2, 0) is 4.79 Å². The highest BCUT2D eigenvalue weighted by atomic mass is 16.3. The molecule has 0 bridgehead atoms. The van der Waals surface area contributed by atoms with Gasteiger partial charge in [-0.1, -0.05) is 48.5 Å². The lowest BCUT2D eigenvalue weighted by atomic mass is 10.2. The van der Waals surface area contributed by atoms with Crippen molar-refractivity contribution >= 4 is 23.2 Å². The summed E-state index contributed by atoms with van der Waals surface area (Å²) in [7, 11) is 0. The number of nitrogens with zero attached hydrogens (tertiary/aromatic N) is 2.